The smallest absolute Gasteiger partial charge is 0.404 e. The van der Waals surface area contributed by atoms with Crippen molar-refractivity contribution in [1.82, 2.24) is 46.9 Å². The van der Waals surface area contributed by atoms with Gasteiger partial charge in [-0.15, -0.1) is 23.1 Å². The molecule has 2 aromatic heterocycles. The van der Waals surface area contributed by atoms with Crippen LogP contribution in [0, 0.1) is 18.3 Å². The number of primary amides is 3. The minimum absolute atomic E-state index is 0.00924. The number of amidine groups is 1. The van der Waals surface area contributed by atoms with E-state index in [0.717, 1.165) is 0 Å². The van der Waals surface area contributed by atoms with Crippen molar-refractivity contribution < 1.29 is 103 Å². The molecule has 3 aliphatic heterocycles. The molecule has 19 atom stereocenters. The lowest BCUT2D eigenvalue weighted by Gasteiger charge is -2.46. The molecule has 94 heavy (non-hydrogen) atoms. The molecule has 27 N–H and O–H groups in total. The van der Waals surface area contributed by atoms with Gasteiger partial charge in [-0.3, -0.25) is 44.0 Å². The van der Waals surface area contributed by atoms with Gasteiger partial charge in [-0.05, 0) is 47.5 Å². The minimum Gasteiger partial charge on any atom is -0.441 e. The van der Waals surface area contributed by atoms with Crippen molar-refractivity contribution in [2.24, 2.45) is 39.6 Å². The van der Waals surface area contributed by atoms with Crippen LogP contribution in [-0.2, 0) is 47.7 Å². The van der Waals surface area contributed by atoms with Crippen molar-refractivity contribution in [3.05, 3.63) is 33.2 Å². The number of thiazole rings is 1. The standard InChI is InChI=1S/C54H87N17O21S2/c1-19-32(68-44(71-42(19)59)25(14-30(58)74)64-15-23(55)43(60)80)47(83)69-33(21(3)88-52-40(37(78)35(76)22(4)89-52)91-51-38(79)39(92-53(61)86)36(77)28(16-73)90-51)48(84)66-24(10-13-72)34(75)20(2)45(81)70-41(54(5,6)87)49(85)63-12-9-31-65-27(18-93-31)50-67-26(17-94-50)46(82)62-11-7-8-29(56)57/h17,20-25,27-28,33-41,51-52,64,72-73,75-79,87H,7-16,18,55H2,1-6H3,(H3,56,57)(H2,58,74)(H2,60,80)(H2,61,86)(H,62,82)(H,63,85)(H,66,84)(H,69,83)(H,70,81)(H2,59,68,71)/t20-,21?,22-,23-,24+,25-,27+,28+,33-,34-,35+,36+,37+,38-,39+,40-,41+,51+,52+/m0/s1. The number of nitrogens with one attached hydrogen (secondary N) is 7. The van der Waals surface area contributed by atoms with Crippen LogP contribution in [0.5, 0.6) is 0 Å². The molecule has 0 aromatic carbocycles. The van der Waals surface area contributed by atoms with E-state index < -0.39 is 189 Å². The molecule has 0 spiro atoms. The van der Waals surface area contributed by atoms with Gasteiger partial charge in [0.15, 0.2) is 18.7 Å². The van der Waals surface area contributed by atoms with E-state index in [0.29, 0.717) is 35.2 Å². The summed E-state index contributed by atoms with van der Waals surface area (Å²) in [4.78, 5) is 124. The first-order valence-corrected chi connectivity index (χ1v) is 31.5. The van der Waals surface area contributed by atoms with Crippen molar-refractivity contribution in [2.45, 2.75) is 189 Å². The molecule has 5 heterocycles. The van der Waals surface area contributed by atoms with Crippen LogP contribution >= 0.6 is 23.1 Å². The predicted molar refractivity (Wildman–Crippen MR) is 331 cm³/mol. The Labute approximate surface area is 546 Å². The first kappa shape index (κ1) is 77.7. The lowest BCUT2D eigenvalue weighted by molar-refractivity contribution is -0.368. The van der Waals surface area contributed by atoms with Crippen molar-refractivity contribution in [3.8, 4) is 0 Å². The summed E-state index contributed by atoms with van der Waals surface area (Å²) in [5.74, 6) is -8.24. The Morgan fingerprint density at radius 3 is 2.17 bits per heavy atom. The number of rotatable bonds is 35. The second-order valence-electron chi connectivity index (χ2n) is 23.1. The number of hydrogen-bond acceptors (Lipinski definition) is 31. The summed E-state index contributed by atoms with van der Waals surface area (Å²) in [6, 6.07) is -8.21. The quantitative estimate of drug-likeness (QED) is 0.0173. The lowest BCUT2D eigenvalue weighted by atomic mass is 9.92. The van der Waals surface area contributed by atoms with Gasteiger partial charge in [-0.2, -0.15) is 0 Å². The molecule has 0 radical (unpaired) electrons. The van der Waals surface area contributed by atoms with E-state index in [1.54, 1.807) is 5.38 Å². The van der Waals surface area contributed by atoms with Crippen LogP contribution in [0.3, 0.4) is 0 Å². The van der Waals surface area contributed by atoms with Crippen LogP contribution in [-0.4, -0.2) is 256 Å². The van der Waals surface area contributed by atoms with Crippen LogP contribution in [0.25, 0.3) is 0 Å². The van der Waals surface area contributed by atoms with Gasteiger partial charge in [0, 0.05) is 62.2 Å². The third kappa shape index (κ3) is 21.2. The molecule has 2 aromatic rings. The van der Waals surface area contributed by atoms with Crippen molar-refractivity contribution >= 4 is 87.2 Å². The molecule has 0 bridgehead atoms. The lowest BCUT2D eigenvalue weighted by Crippen LogP contribution is -2.65. The maximum atomic E-state index is 14.9. The first-order chi connectivity index (χ1) is 44.1. The summed E-state index contributed by atoms with van der Waals surface area (Å²) in [5, 5.41) is 114. The van der Waals surface area contributed by atoms with Gasteiger partial charge < -0.3 is 131 Å². The maximum Gasteiger partial charge on any atom is 0.404 e. The molecule has 0 aliphatic carbocycles. The highest BCUT2D eigenvalue weighted by molar-refractivity contribution is 8.14. The number of aromatic nitrogens is 3. The Hall–Kier alpha value is -7.00. The molecular formula is C54H87N17O21S2. The van der Waals surface area contributed by atoms with E-state index in [1.165, 1.54) is 64.6 Å². The topological polar surface area (TPSA) is 648 Å². The summed E-state index contributed by atoms with van der Waals surface area (Å²) in [6.07, 6.45) is -23.7. The van der Waals surface area contributed by atoms with Gasteiger partial charge in [-0.25, -0.2) is 19.7 Å². The summed E-state index contributed by atoms with van der Waals surface area (Å²) in [5.41, 5.74) is 31.1. The molecule has 2 saturated heterocycles. The van der Waals surface area contributed by atoms with E-state index in [2.05, 4.69) is 46.9 Å². The number of carbonyl (C=O) groups is 8. The number of aliphatic hydroxyl groups excluding tert-OH is 7. The molecule has 40 heteroatoms. The Morgan fingerprint density at radius 2 is 1.55 bits per heavy atom. The highest BCUT2D eigenvalue weighted by atomic mass is 32.2. The second-order valence-corrected chi connectivity index (χ2v) is 25.1. The summed E-state index contributed by atoms with van der Waals surface area (Å²) in [6.45, 7) is 5.76. The zero-order chi connectivity index (χ0) is 70.2. The van der Waals surface area contributed by atoms with Gasteiger partial charge in [0.1, 0.15) is 82.8 Å². The number of anilines is 1. The van der Waals surface area contributed by atoms with Gasteiger partial charge in [0.25, 0.3) is 11.8 Å². The van der Waals surface area contributed by atoms with E-state index in [4.69, 9.17) is 68.5 Å². The summed E-state index contributed by atoms with van der Waals surface area (Å²) in [7, 11) is 0. The Kier molecular flexibility index (Phi) is 29.0. The summed E-state index contributed by atoms with van der Waals surface area (Å²) < 4.78 is 28.4. The van der Waals surface area contributed by atoms with Crippen molar-refractivity contribution in [1.29, 1.82) is 5.41 Å². The highest BCUT2D eigenvalue weighted by Gasteiger charge is 2.53. The number of ether oxygens (including phenoxy) is 5. The normalized spacial score (nSPS) is 25.6. The Bertz CT molecular complexity index is 3020. The number of nitrogen functional groups attached to an aromatic ring is 1. The number of aliphatic imine (C=N–C) groups is 1. The molecule has 2 fully saturated rings. The van der Waals surface area contributed by atoms with Gasteiger partial charge >= 0.3 is 6.09 Å². The molecule has 526 valence electrons. The van der Waals surface area contributed by atoms with E-state index in [-0.39, 0.29) is 60.2 Å². The average Bonchev–Trinajstić information content (AvgIpc) is 1.02. The minimum atomic E-state index is -2.11. The third-order valence-corrected chi connectivity index (χ3v) is 17.3. The molecule has 0 saturated carbocycles. The largest absolute Gasteiger partial charge is 0.441 e. The van der Waals surface area contributed by atoms with Gasteiger partial charge in [-0.1, -0.05) is 6.92 Å². The second kappa shape index (κ2) is 35.1. The van der Waals surface area contributed by atoms with E-state index in [1.807, 2.05) is 0 Å². The fraction of sp³-hybridized carbons (Fsp3) is 0.685. The number of carbonyl (C=O) groups excluding carboxylic acids is 8. The number of nitrogens with zero attached hydrogens (tertiary/aromatic N) is 4. The van der Waals surface area contributed by atoms with Crippen LogP contribution in [0.1, 0.15) is 116 Å². The molecule has 1 unspecified atom stereocenters. The molecule has 3 aliphatic rings. The van der Waals surface area contributed by atoms with Crippen molar-refractivity contribution in [2.75, 3.05) is 44.3 Å². The number of hydrogen-bond donors (Lipinski definition) is 21. The Balaban J connectivity index is 1.39. The Morgan fingerprint density at radius 1 is 0.862 bits per heavy atom. The molecule has 8 amide bonds. The predicted octanol–water partition coefficient (Wildman–Crippen LogP) is -7.64. The fourth-order valence-corrected chi connectivity index (χ4v) is 11.8. The molecule has 38 nitrogen and oxygen atoms in total. The average molecular weight is 1370 g/mol. The highest BCUT2D eigenvalue weighted by Crippen LogP contribution is 2.34. The number of thioether (sulfide) groups is 1. The molecule has 5 rings (SSSR count). The maximum absolute atomic E-state index is 14.9. The van der Waals surface area contributed by atoms with Gasteiger partial charge in [0.05, 0.1) is 65.4 Å². The number of amides is 8. The van der Waals surface area contributed by atoms with Crippen LogP contribution in [0.2, 0.25) is 0 Å². The summed E-state index contributed by atoms with van der Waals surface area (Å²) >= 11 is 2.66. The van der Waals surface area contributed by atoms with Gasteiger partial charge in [0.2, 0.25) is 29.5 Å². The van der Waals surface area contributed by atoms with E-state index >= 15 is 0 Å². The monoisotopic (exact) mass is 1370 g/mol. The number of nitrogens with two attached hydrogens (primary N) is 6. The van der Waals surface area contributed by atoms with Crippen LogP contribution < -0.4 is 66.3 Å². The fourth-order valence-electron chi connectivity index (χ4n) is 9.78. The zero-order valence-electron chi connectivity index (χ0n) is 52.3. The zero-order valence-corrected chi connectivity index (χ0v) is 53.9. The van der Waals surface area contributed by atoms with E-state index in [9.17, 15) is 79.2 Å². The third-order valence-electron chi connectivity index (χ3n) is 15.3. The first-order valence-electron chi connectivity index (χ1n) is 29.7. The SMILES string of the molecule is Cc1c(N)nc([C@H](CC(N)=O)NC[C@H](N)C(N)=O)nc1C(=O)N[C@H](C(=O)N[C@H](CCO)[C@@H](O)[C@H](C)C(=O)N[C@H](C(=O)NCCC1=N[C@@H](c2nc(C(=O)NCCCC(=N)N)cs2)CS1)C(C)(C)O)C(C)O[C@@H]1O[C@@H](C)[C@@H](O)[C@@H](O)[C@@H]1O[C@H]1O[C@H](CO)[C@@H](O)[C@@H](OC(N)=O)[C@@H]1O. The molecular weight excluding hydrogens is 1290 g/mol. The van der Waals surface area contributed by atoms with Crippen LogP contribution in [0.15, 0.2) is 10.4 Å². The van der Waals surface area contributed by atoms with Crippen molar-refractivity contribution in [3.63, 3.8) is 0 Å². The van der Waals surface area contributed by atoms with Crippen LogP contribution in [0.4, 0.5) is 10.6 Å². The number of aliphatic hydroxyl groups is 8.